The van der Waals surface area contributed by atoms with Crippen molar-refractivity contribution in [3.63, 3.8) is 0 Å². The molecule has 0 saturated carbocycles. The van der Waals surface area contributed by atoms with Crippen molar-refractivity contribution in [1.82, 2.24) is 5.06 Å². The number of guanidine groups is 1. The molecule has 1 aliphatic rings. The van der Waals surface area contributed by atoms with Crippen LogP contribution in [0.2, 0.25) is 0 Å². The quantitative estimate of drug-likeness (QED) is 0.326. The first-order valence-corrected chi connectivity index (χ1v) is 6.93. The number of hydrogen-bond acceptors (Lipinski definition) is 5. The average Bonchev–Trinajstić information content (AvgIpc) is 2.72. The van der Waals surface area contributed by atoms with Crippen molar-refractivity contribution >= 4 is 52.0 Å². The molecule has 1 saturated heterocycles. The van der Waals surface area contributed by atoms with Gasteiger partial charge >= 0.3 is 5.97 Å². The van der Waals surface area contributed by atoms with Crippen LogP contribution in [-0.2, 0) is 14.4 Å². The van der Waals surface area contributed by atoms with Gasteiger partial charge in [0.1, 0.15) is 0 Å². The maximum absolute atomic E-state index is 11.9. The second kappa shape index (κ2) is 6.08. The molecule has 1 heterocycles. The zero-order valence-electron chi connectivity index (χ0n) is 10.7. The molecule has 0 unspecified atom stereocenters. The first-order chi connectivity index (χ1) is 9.88. The minimum atomic E-state index is -0.798. The van der Waals surface area contributed by atoms with Gasteiger partial charge in [-0.1, -0.05) is 0 Å². The molecule has 0 atom stereocenters. The van der Waals surface area contributed by atoms with Crippen LogP contribution < -0.4 is 11.5 Å². The van der Waals surface area contributed by atoms with E-state index in [1.807, 2.05) is 22.6 Å². The minimum absolute atomic E-state index is 0.0487. The molecule has 0 bridgehead atoms. The summed E-state index contributed by atoms with van der Waals surface area (Å²) in [6.07, 6.45) is 0.0974. The van der Waals surface area contributed by atoms with Crippen molar-refractivity contribution in [2.75, 3.05) is 0 Å². The predicted octanol–water partition coefficient (Wildman–Crippen LogP) is 0.417. The number of carbonyl (C=O) groups excluding carboxylic acids is 3. The van der Waals surface area contributed by atoms with Crippen LogP contribution in [0.4, 0.5) is 5.69 Å². The number of rotatable bonds is 3. The summed E-state index contributed by atoms with van der Waals surface area (Å²) >= 11 is 1.95. The highest BCUT2D eigenvalue weighted by atomic mass is 127. The van der Waals surface area contributed by atoms with E-state index >= 15 is 0 Å². The third kappa shape index (κ3) is 3.48. The monoisotopic (exact) mass is 402 g/mol. The Hall–Kier alpha value is -2.17. The van der Waals surface area contributed by atoms with E-state index in [-0.39, 0.29) is 24.4 Å². The summed E-state index contributed by atoms with van der Waals surface area (Å²) in [5.41, 5.74) is 11.2. The summed E-state index contributed by atoms with van der Waals surface area (Å²) in [6, 6.07) is 4.47. The Morgan fingerprint density at radius 2 is 1.86 bits per heavy atom. The van der Waals surface area contributed by atoms with E-state index in [1.165, 1.54) is 18.2 Å². The summed E-state index contributed by atoms with van der Waals surface area (Å²) in [6.45, 7) is 0. The minimum Gasteiger partial charge on any atom is -0.370 e. The number of imide groups is 1. The molecule has 0 radical (unpaired) electrons. The molecular weight excluding hydrogens is 391 g/mol. The van der Waals surface area contributed by atoms with Gasteiger partial charge in [0.25, 0.3) is 11.8 Å². The first-order valence-electron chi connectivity index (χ1n) is 5.85. The number of amides is 2. The van der Waals surface area contributed by atoms with Gasteiger partial charge < -0.3 is 16.3 Å². The van der Waals surface area contributed by atoms with Crippen LogP contribution in [0.1, 0.15) is 23.2 Å². The highest BCUT2D eigenvalue weighted by Crippen LogP contribution is 2.23. The largest absolute Gasteiger partial charge is 0.370 e. The molecule has 0 aromatic heterocycles. The zero-order chi connectivity index (χ0) is 15.6. The predicted molar refractivity (Wildman–Crippen MR) is 81.1 cm³/mol. The maximum atomic E-state index is 11.9. The number of nitrogens with zero attached hydrogens (tertiary/aromatic N) is 2. The van der Waals surface area contributed by atoms with Crippen LogP contribution in [0.25, 0.3) is 0 Å². The van der Waals surface area contributed by atoms with E-state index in [0.717, 1.165) is 0 Å². The molecular formula is C12H11IN4O4. The number of hydrogen-bond donors (Lipinski definition) is 2. The van der Waals surface area contributed by atoms with Gasteiger partial charge in [0.05, 0.1) is 11.3 Å². The number of aliphatic imine (C=N–C) groups is 1. The van der Waals surface area contributed by atoms with E-state index < -0.39 is 17.8 Å². The Bertz CT molecular complexity index is 639. The summed E-state index contributed by atoms with van der Waals surface area (Å²) in [7, 11) is 0. The van der Waals surface area contributed by atoms with Gasteiger partial charge in [-0.2, -0.15) is 0 Å². The Morgan fingerprint density at radius 1 is 1.24 bits per heavy atom. The highest BCUT2D eigenvalue weighted by molar-refractivity contribution is 14.1. The van der Waals surface area contributed by atoms with Gasteiger partial charge in [0.2, 0.25) is 0 Å². The summed E-state index contributed by atoms with van der Waals surface area (Å²) in [5.74, 6) is -1.95. The lowest BCUT2D eigenvalue weighted by Crippen LogP contribution is -2.32. The lowest BCUT2D eigenvalue weighted by Gasteiger charge is -2.12. The fraction of sp³-hybridized carbons (Fsp3) is 0.167. The zero-order valence-corrected chi connectivity index (χ0v) is 12.9. The standard InChI is InChI=1S/C12H11IN4O4/c13-7-5-6(1-2-8(7)16-12(14)15)11(20)21-17-9(18)3-4-10(17)19/h1-2,5H,3-4H2,(H4,14,15,16). The molecule has 8 nitrogen and oxygen atoms in total. The first kappa shape index (κ1) is 15.2. The number of benzene rings is 1. The van der Waals surface area contributed by atoms with Crippen molar-refractivity contribution in [2.45, 2.75) is 12.8 Å². The summed E-state index contributed by atoms with van der Waals surface area (Å²) in [5, 5.41) is 0.499. The fourth-order valence-corrected chi connectivity index (χ4v) is 2.29. The molecule has 1 aromatic carbocycles. The average molecular weight is 402 g/mol. The van der Waals surface area contributed by atoms with Crippen LogP contribution >= 0.6 is 22.6 Å². The van der Waals surface area contributed by atoms with Gasteiger partial charge in [-0.3, -0.25) is 9.59 Å². The molecule has 0 aliphatic carbocycles. The molecule has 9 heteroatoms. The molecule has 4 N–H and O–H groups in total. The smallest absolute Gasteiger partial charge is 0.363 e. The van der Waals surface area contributed by atoms with Crippen LogP contribution in [0.5, 0.6) is 0 Å². The molecule has 2 rings (SSSR count). The molecule has 110 valence electrons. The second-order valence-corrected chi connectivity index (χ2v) is 5.33. The van der Waals surface area contributed by atoms with Crippen molar-refractivity contribution in [3.05, 3.63) is 27.3 Å². The van der Waals surface area contributed by atoms with E-state index in [1.54, 1.807) is 0 Å². The van der Waals surface area contributed by atoms with Crippen molar-refractivity contribution < 1.29 is 19.2 Å². The van der Waals surface area contributed by atoms with Crippen molar-refractivity contribution in [1.29, 1.82) is 0 Å². The lowest BCUT2D eigenvalue weighted by atomic mass is 10.2. The second-order valence-electron chi connectivity index (χ2n) is 4.16. The number of hydroxylamine groups is 2. The Morgan fingerprint density at radius 3 is 2.38 bits per heavy atom. The fourth-order valence-electron chi connectivity index (χ4n) is 1.66. The molecule has 1 aliphatic heterocycles. The molecule has 0 spiro atoms. The van der Waals surface area contributed by atoms with Gasteiger partial charge in [0, 0.05) is 16.4 Å². The third-order valence-electron chi connectivity index (χ3n) is 2.61. The van der Waals surface area contributed by atoms with Crippen LogP contribution in [0.15, 0.2) is 23.2 Å². The lowest BCUT2D eigenvalue weighted by molar-refractivity contribution is -0.172. The van der Waals surface area contributed by atoms with Crippen LogP contribution in [0.3, 0.4) is 0 Å². The third-order valence-corrected chi connectivity index (χ3v) is 3.48. The van der Waals surface area contributed by atoms with E-state index in [0.29, 0.717) is 14.3 Å². The van der Waals surface area contributed by atoms with Crippen molar-refractivity contribution in [2.24, 2.45) is 16.5 Å². The van der Waals surface area contributed by atoms with Crippen LogP contribution in [0, 0.1) is 3.57 Å². The van der Waals surface area contributed by atoms with Gasteiger partial charge in [-0.05, 0) is 40.8 Å². The molecule has 2 amide bonds. The Balaban J connectivity index is 2.17. The number of halogens is 1. The highest BCUT2D eigenvalue weighted by Gasteiger charge is 2.33. The van der Waals surface area contributed by atoms with Gasteiger partial charge in [-0.15, -0.1) is 5.06 Å². The molecule has 21 heavy (non-hydrogen) atoms. The van der Waals surface area contributed by atoms with E-state index in [9.17, 15) is 14.4 Å². The topological polar surface area (TPSA) is 128 Å². The van der Waals surface area contributed by atoms with Gasteiger partial charge in [0.15, 0.2) is 5.96 Å². The van der Waals surface area contributed by atoms with E-state index in [4.69, 9.17) is 16.3 Å². The number of carbonyl (C=O) groups is 3. The maximum Gasteiger partial charge on any atom is 0.363 e. The summed E-state index contributed by atoms with van der Waals surface area (Å²) < 4.78 is 0.620. The molecule has 1 aromatic rings. The SMILES string of the molecule is NC(N)=Nc1ccc(C(=O)ON2C(=O)CCC2=O)cc1I. The Kier molecular flexibility index (Phi) is 4.40. The van der Waals surface area contributed by atoms with E-state index in [2.05, 4.69) is 4.99 Å². The van der Waals surface area contributed by atoms with Gasteiger partial charge in [-0.25, -0.2) is 9.79 Å². The van der Waals surface area contributed by atoms with Crippen molar-refractivity contribution in [3.8, 4) is 0 Å². The normalized spacial score (nSPS) is 14.2. The Labute approximate surface area is 133 Å². The summed E-state index contributed by atoms with van der Waals surface area (Å²) in [4.78, 5) is 43.4. The van der Waals surface area contributed by atoms with Crippen LogP contribution in [-0.4, -0.2) is 28.8 Å². The number of nitrogens with two attached hydrogens (primary N) is 2. The molecule has 1 fully saturated rings.